The monoisotopic (exact) mass is 393 g/mol. The van der Waals surface area contributed by atoms with E-state index in [4.69, 9.17) is 4.74 Å². The van der Waals surface area contributed by atoms with Crippen molar-refractivity contribution in [3.63, 3.8) is 0 Å². The summed E-state index contributed by atoms with van der Waals surface area (Å²) in [6.07, 6.45) is -4.90. The summed E-state index contributed by atoms with van der Waals surface area (Å²) in [5, 5.41) is 11.2. The number of carbonyl (C=O) groups is 1. The van der Waals surface area contributed by atoms with E-state index in [2.05, 4.69) is 20.3 Å². The van der Waals surface area contributed by atoms with Crippen molar-refractivity contribution in [3.05, 3.63) is 24.3 Å². The van der Waals surface area contributed by atoms with E-state index in [9.17, 15) is 18.0 Å². The van der Waals surface area contributed by atoms with Gasteiger partial charge in [0.15, 0.2) is 4.34 Å². The number of alkyl halides is 3. The third kappa shape index (κ3) is 7.18. The number of nitrogens with one attached hydrogen (secondary N) is 1. The van der Waals surface area contributed by atoms with Crippen molar-refractivity contribution in [2.24, 2.45) is 0 Å². The van der Waals surface area contributed by atoms with Gasteiger partial charge in [-0.15, -0.1) is 23.4 Å². The summed E-state index contributed by atoms with van der Waals surface area (Å²) in [6.45, 7) is 3.53. The number of halogens is 3. The van der Waals surface area contributed by atoms with Crippen LogP contribution in [0.15, 0.2) is 28.6 Å². The van der Waals surface area contributed by atoms with Gasteiger partial charge in [-0.25, -0.2) is 0 Å². The molecule has 1 aromatic heterocycles. The van der Waals surface area contributed by atoms with Crippen molar-refractivity contribution in [3.8, 4) is 5.75 Å². The lowest BCUT2D eigenvalue weighted by atomic mass is 10.3. The van der Waals surface area contributed by atoms with Gasteiger partial charge >= 0.3 is 12.3 Å². The first-order chi connectivity index (χ1) is 11.7. The molecule has 0 atom stereocenters. The Balaban J connectivity index is 1.87. The Bertz CT molecular complexity index is 705. The lowest BCUT2D eigenvalue weighted by Crippen LogP contribution is -2.16. The molecular formula is C14H14F3N3O3S2. The smallest absolute Gasteiger partial charge is 0.462 e. The molecule has 0 fully saturated rings. The van der Waals surface area contributed by atoms with Gasteiger partial charge in [0.1, 0.15) is 5.75 Å². The van der Waals surface area contributed by atoms with E-state index in [1.807, 2.05) is 0 Å². The van der Waals surface area contributed by atoms with Crippen LogP contribution in [0.3, 0.4) is 0 Å². The molecule has 0 aliphatic rings. The number of benzene rings is 1. The minimum Gasteiger partial charge on any atom is -0.462 e. The molecule has 1 N–H and O–H groups in total. The quantitative estimate of drug-likeness (QED) is 0.558. The first-order valence-corrected chi connectivity index (χ1v) is 8.80. The topological polar surface area (TPSA) is 73.3 Å². The van der Waals surface area contributed by atoms with E-state index in [-0.39, 0.29) is 23.6 Å². The van der Waals surface area contributed by atoms with Gasteiger partial charge in [-0.05, 0) is 38.1 Å². The second kappa shape index (κ2) is 8.39. The fourth-order valence-corrected chi connectivity index (χ4v) is 3.15. The molecular weight excluding hydrogens is 379 g/mol. The summed E-state index contributed by atoms with van der Waals surface area (Å²) in [6, 6.07) is 5.23. The summed E-state index contributed by atoms with van der Waals surface area (Å²) in [7, 11) is 0. The molecule has 1 aromatic carbocycles. The molecule has 0 aliphatic heterocycles. The van der Waals surface area contributed by atoms with Crippen molar-refractivity contribution < 1.29 is 27.4 Å². The SMILES string of the molecule is CC(C)OC(=O)CSc1nnc(Nc2ccc(OC(F)(F)F)cc2)s1. The maximum atomic E-state index is 12.1. The lowest BCUT2D eigenvalue weighted by Gasteiger charge is -2.09. The van der Waals surface area contributed by atoms with Crippen LogP contribution in [-0.4, -0.2) is 34.4 Å². The number of hydrogen-bond donors (Lipinski definition) is 1. The second-order valence-corrected chi connectivity index (χ2v) is 7.10. The van der Waals surface area contributed by atoms with Gasteiger partial charge in [0, 0.05) is 5.69 Å². The molecule has 0 saturated heterocycles. The molecule has 0 bridgehead atoms. The predicted octanol–water partition coefficient (Wildman–Crippen LogP) is 4.22. The zero-order valence-corrected chi connectivity index (χ0v) is 14.8. The molecule has 25 heavy (non-hydrogen) atoms. The average Bonchev–Trinajstić information content (AvgIpc) is 2.93. The number of aromatic nitrogens is 2. The van der Waals surface area contributed by atoms with E-state index >= 15 is 0 Å². The summed E-state index contributed by atoms with van der Waals surface area (Å²) < 4.78 is 45.7. The molecule has 0 unspecified atom stereocenters. The highest BCUT2D eigenvalue weighted by molar-refractivity contribution is 8.01. The van der Waals surface area contributed by atoms with Crippen molar-refractivity contribution >= 4 is 39.9 Å². The number of thioether (sulfide) groups is 1. The van der Waals surface area contributed by atoms with Crippen LogP contribution in [0.1, 0.15) is 13.8 Å². The highest BCUT2D eigenvalue weighted by Crippen LogP contribution is 2.29. The van der Waals surface area contributed by atoms with Crippen LogP contribution in [-0.2, 0) is 9.53 Å². The predicted molar refractivity (Wildman–Crippen MR) is 88.3 cm³/mol. The van der Waals surface area contributed by atoms with Crippen LogP contribution >= 0.6 is 23.1 Å². The van der Waals surface area contributed by atoms with E-state index < -0.39 is 6.36 Å². The number of hydrogen-bond acceptors (Lipinski definition) is 8. The Kier molecular flexibility index (Phi) is 6.48. The van der Waals surface area contributed by atoms with Crippen molar-refractivity contribution in [1.82, 2.24) is 10.2 Å². The van der Waals surface area contributed by atoms with Gasteiger partial charge in [0.2, 0.25) is 5.13 Å². The highest BCUT2D eigenvalue weighted by Gasteiger charge is 2.30. The van der Waals surface area contributed by atoms with Crippen molar-refractivity contribution in [2.45, 2.75) is 30.7 Å². The molecule has 0 spiro atoms. The van der Waals surface area contributed by atoms with Crippen LogP contribution in [0, 0.1) is 0 Å². The maximum absolute atomic E-state index is 12.1. The Morgan fingerprint density at radius 3 is 2.56 bits per heavy atom. The number of anilines is 2. The minimum atomic E-state index is -4.73. The first kappa shape index (κ1) is 19.3. The van der Waals surface area contributed by atoms with Crippen molar-refractivity contribution in [2.75, 3.05) is 11.1 Å². The summed E-state index contributed by atoms with van der Waals surface area (Å²) >= 11 is 2.41. The number of esters is 1. The third-order valence-electron chi connectivity index (χ3n) is 2.43. The number of nitrogens with zero attached hydrogens (tertiary/aromatic N) is 2. The van der Waals surface area contributed by atoms with Crippen LogP contribution in [0.25, 0.3) is 0 Å². The van der Waals surface area contributed by atoms with E-state index in [1.165, 1.54) is 47.4 Å². The molecule has 2 rings (SSSR count). The Hall–Kier alpha value is -2.01. The average molecular weight is 393 g/mol. The minimum absolute atomic E-state index is 0.121. The lowest BCUT2D eigenvalue weighted by molar-refractivity contribution is -0.274. The number of ether oxygens (including phenoxy) is 2. The third-order valence-corrected chi connectivity index (χ3v) is 4.37. The fourth-order valence-electron chi connectivity index (χ4n) is 1.60. The van der Waals surface area contributed by atoms with Gasteiger partial charge in [-0.3, -0.25) is 4.79 Å². The molecule has 0 saturated carbocycles. The van der Waals surface area contributed by atoms with Crippen LogP contribution in [0.5, 0.6) is 5.75 Å². The van der Waals surface area contributed by atoms with Crippen molar-refractivity contribution in [1.29, 1.82) is 0 Å². The number of rotatable bonds is 7. The van der Waals surface area contributed by atoms with Gasteiger partial charge in [-0.1, -0.05) is 23.1 Å². The summed E-state index contributed by atoms with van der Waals surface area (Å²) in [5.74, 6) is -0.531. The Labute approximate surface area is 149 Å². The zero-order chi connectivity index (χ0) is 18.4. The van der Waals surface area contributed by atoms with Crippen LogP contribution in [0.2, 0.25) is 0 Å². The number of carbonyl (C=O) groups excluding carboxylic acids is 1. The highest BCUT2D eigenvalue weighted by atomic mass is 32.2. The van der Waals surface area contributed by atoms with Crippen LogP contribution in [0.4, 0.5) is 24.0 Å². The Morgan fingerprint density at radius 2 is 1.96 bits per heavy atom. The normalized spacial score (nSPS) is 11.4. The molecule has 0 radical (unpaired) electrons. The van der Waals surface area contributed by atoms with E-state index in [0.29, 0.717) is 15.2 Å². The first-order valence-electron chi connectivity index (χ1n) is 7.00. The molecule has 2 aromatic rings. The Morgan fingerprint density at radius 1 is 1.28 bits per heavy atom. The molecule has 0 aliphatic carbocycles. The summed E-state index contributed by atoms with van der Waals surface area (Å²) in [4.78, 5) is 11.5. The van der Waals surface area contributed by atoms with E-state index in [0.717, 1.165) is 0 Å². The molecule has 1 heterocycles. The molecule has 11 heteroatoms. The van der Waals surface area contributed by atoms with Gasteiger partial charge in [-0.2, -0.15) is 0 Å². The van der Waals surface area contributed by atoms with Crippen LogP contribution < -0.4 is 10.1 Å². The largest absolute Gasteiger partial charge is 0.573 e. The van der Waals surface area contributed by atoms with Gasteiger partial charge < -0.3 is 14.8 Å². The molecule has 6 nitrogen and oxygen atoms in total. The summed E-state index contributed by atoms with van der Waals surface area (Å²) in [5.41, 5.74) is 0.529. The maximum Gasteiger partial charge on any atom is 0.573 e. The van der Waals surface area contributed by atoms with Gasteiger partial charge in [0.25, 0.3) is 0 Å². The second-order valence-electron chi connectivity index (χ2n) is 4.90. The standard InChI is InChI=1S/C14H14F3N3O3S2/c1-8(2)22-11(21)7-24-13-20-19-12(25-13)18-9-3-5-10(6-4-9)23-14(15,16)17/h3-6,8H,7H2,1-2H3,(H,18,19). The zero-order valence-electron chi connectivity index (χ0n) is 13.2. The molecule has 0 amide bonds. The fraction of sp³-hybridized carbons (Fsp3) is 0.357. The molecule has 136 valence electrons. The van der Waals surface area contributed by atoms with Gasteiger partial charge in [0.05, 0.1) is 11.9 Å². The van der Waals surface area contributed by atoms with E-state index in [1.54, 1.807) is 13.8 Å².